The van der Waals surface area contributed by atoms with E-state index in [0.29, 0.717) is 19.4 Å². The summed E-state index contributed by atoms with van der Waals surface area (Å²) in [5.41, 5.74) is -0.993. The zero-order valence-electron chi connectivity index (χ0n) is 15.6. The van der Waals surface area contributed by atoms with Crippen molar-refractivity contribution in [2.45, 2.75) is 52.6 Å². The SMILES string of the molecule is C#CCC(C)(CC)OCCC(C)(C)C(=O)NCCN1C(=O)C=CC1=O. The molecule has 0 aliphatic carbocycles. The van der Waals surface area contributed by atoms with Gasteiger partial charge in [0.05, 0.1) is 5.60 Å². The van der Waals surface area contributed by atoms with Crippen molar-refractivity contribution in [3.05, 3.63) is 12.2 Å². The summed E-state index contributed by atoms with van der Waals surface area (Å²) in [5, 5.41) is 2.78. The van der Waals surface area contributed by atoms with E-state index in [1.165, 1.54) is 12.2 Å². The van der Waals surface area contributed by atoms with Gasteiger partial charge in [-0.1, -0.05) is 20.8 Å². The van der Waals surface area contributed by atoms with Crippen LogP contribution in [-0.2, 0) is 19.1 Å². The van der Waals surface area contributed by atoms with Gasteiger partial charge in [0, 0.05) is 43.7 Å². The Balaban J connectivity index is 2.39. The van der Waals surface area contributed by atoms with Crippen LogP contribution in [0.3, 0.4) is 0 Å². The highest BCUT2D eigenvalue weighted by Crippen LogP contribution is 2.24. The van der Waals surface area contributed by atoms with Crippen molar-refractivity contribution in [2.24, 2.45) is 5.41 Å². The second kappa shape index (κ2) is 8.82. The van der Waals surface area contributed by atoms with Gasteiger partial charge in [-0.25, -0.2) is 0 Å². The maximum absolute atomic E-state index is 12.3. The van der Waals surface area contributed by atoms with Gasteiger partial charge in [0.1, 0.15) is 0 Å². The smallest absolute Gasteiger partial charge is 0.253 e. The standard InChI is InChI=1S/C19H28N2O4/c1-6-10-19(5,7-2)25-14-11-18(3,4)17(24)20-12-13-21-15(22)8-9-16(21)23/h1,8-9H,7,10-14H2,2-5H3,(H,20,24). The van der Waals surface area contributed by atoms with E-state index >= 15 is 0 Å². The predicted octanol–water partition coefficient (Wildman–Crippen LogP) is 1.65. The summed E-state index contributed by atoms with van der Waals surface area (Å²) < 4.78 is 5.89. The van der Waals surface area contributed by atoms with Crippen LogP contribution in [-0.4, -0.2) is 47.9 Å². The maximum atomic E-state index is 12.3. The number of hydrogen-bond acceptors (Lipinski definition) is 4. The summed E-state index contributed by atoms with van der Waals surface area (Å²) in [4.78, 5) is 36.3. The lowest BCUT2D eigenvalue weighted by Crippen LogP contribution is -2.43. The van der Waals surface area contributed by atoms with Crippen molar-refractivity contribution in [3.63, 3.8) is 0 Å². The first-order valence-corrected chi connectivity index (χ1v) is 8.54. The first-order valence-electron chi connectivity index (χ1n) is 8.54. The third kappa shape index (κ3) is 6.02. The lowest BCUT2D eigenvalue weighted by molar-refractivity contribution is -0.138. The molecule has 6 heteroatoms. The molecule has 0 saturated carbocycles. The average molecular weight is 348 g/mol. The third-order valence-corrected chi connectivity index (χ3v) is 4.54. The molecule has 0 aromatic carbocycles. The summed E-state index contributed by atoms with van der Waals surface area (Å²) in [7, 11) is 0. The Morgan fingerprint density at radius 1 is 1.28 bits per heavy atom. The minimum absolute atomic E-state index is 0.140. The highest BCUT2D eigenvalue weighted by molar-refractivity contribution is 6.12. The monoisotopic (exact) mass is 348 g/mol. The predicted molar refractivity (Wildman–Crippen MR) is 95.4 cm³/mol. The Bertz CT molecular complexity index is 571. The van der Waals surface area contributed by atoms with Crippen molar-refractivity contribution in [1.29, 1.82) is 0 Å². The molecule has 0 radical (unpaired) electrons. The van der Waals surface area contributed by atoms with E-state index in [-0.39, 0.29) is 36.4 Å². The summed E-state index contributed by atoms with van der Waals surface area (Å²) in [6.07, 6.45) is 9.70. The number of imide groups is 1. The maximum Gasteiger partial charge on any atom is 0.253 e. The number of ether oxygens (including phenoxy) is 1. The molecule has 1 N–H and O–H groups in total. The molecular weight excluding hydrogens is 320 g/mol. The van der Waals surface area contributed by atoms with Crippen molar-refractivity contribution >= 4 is 17.7 Å². The minimum Gasteiger partial charge on any atom is -0.374 e. The lowest BCUT2D eigenvalue weighted by Gasteiger charge is -2.30. The second-order valence-electron chi connectivity index (χ2n) is 7.08. The van der Waals surface area contributed by atoms with Gasteiger partial charge < -0.3 is 10.1 Å². The zero-order valence-corrected chi connectivity index (χ0v) is 15.6. The molecule has 138 valence electrons. The fourth-order valence-electron chi connectivity index (χ4n) is 2.33. The number of carbonyl (C=O) groups is 3. The van der Waals surface area contributed by atoms with Crippen molar-refractivity contribution in [2.75, 3.05) is 19.7 Å². The first kappa shape index (κ1) is 20.9. The number of amides is 3. The van der Waals surface area contributed by atoms with Gasteiger partial charge in [0.25, 0.3) is 11.8 Å². The van der Waals surface area contributed by atoms with Crippen LogP contribution in [0.1, 0.15) is 47.0 Å². The number of nitrogens with one attached hydrogen (secondary N) is 1. The molecule has 0 fully saturated rings. The lowest BCUT2D eigenvalue weighted by atomic mass is 9.88. The Morgan fingerprint density at radius 2 is 1.88 bits per heavy atom. The molecular formula is C19H28N2O4. The van der Waals surface area contributed by atoms with Crippen molar-refractivity contribution < 1.29 is 19.1 Å². The number of terminal acetylenes is 1. The van der Waals surface area contributed by atoms with Gasteiger partial charge in [-0.15, -0.1) is 12.3 Å². The Morgan fingerprint density at radius 3 is 2.40 bits per heavy atom. The molecule has 1 heterocycles. The fraction of sp³-hybridized carbons (Fsp3) is 0.632. The van der Waals surface area contributed by atoms with Gasteiger partial charge in [0.2, 0.25) is 5.91 Å². The number of hydrogen-bond donors (Lipinski definition) is 1. The van der Waals surface area contributed by atoms with E-state index in [9.17, 15) is 14.4 Å². The number of rotatable bonds is 10. The molecule has 25 heavy (non-hydrogen) atoms. The molecule has 1 aliphatic rings. The van der Waals surface area contributed by atoms with E-state index in [4.69, 9.17) is 11.2 Å². The van der Waals surface area contributed by atoms with Gasteiger partial charge in [-0.05, 0) is 19.8 Å². The summed E-state index contributed by atoms with van der Waals surface area (Å²) >= 11 is 0. The average Bonchev–Trinajstić information content (AvgIpc) is 2.86. The van der Waals surface area contributed by atoms with Crippen LogP contribution < -0.4 is 5.32 Å². The van der Waals surface area contributed by atoms with E-state index in [0.717, 1.165) is 11.3 Å². The molecule has 0 aromatic rings. The van der Waals surface area contributed by atoms with Crippen molar-refractivity contribution in [3.8, 4) is 12.3 Å². The quantitative estimate of drug-likeness (QED) is 0.481. The van der Waals surface area contributed by atoms with Gasteiger partial charge in [0.15, 0.2) is 0 Å². The molecule has 0 saturated heterocycles. The summed E-state index contributed by atoms with van der Waals surface area (Å²) in [5.74, 6) is 1.79. The number of nitrogens with zero attached hydrogens (tertiary/aromatic N) is 1. The minimum atomic E-state index is -0.623. The summed E-state index contributed by atoms with van der Waals surface area (Å²) in [6.45, 7) is 8.49. The Hall–Kier alpha value is -2.13. The van der Waals surface area contributed by atoms with Crippen LogP contribution >= 0.6 is 0 Å². The Kier molecular flexibility index (Phi) is 7.38. The van der Waals surface area contributed by atoms with E-state index in [2.05, 4.69) is 11.2 Å². The van der Waals surface area contributed by atoms with Crippen LogP contribution in [0.25, 0.3) is 0 Å². The number of carbonyl (C=O) groups excluding carboxylic acids is 3. The molecule has 6 nitrogen and oxygen atoms in total. The molecule has 0 bridgehead atoms. The molecule has 0 aromatic heterocycles. The second-order valence-corrected chi connectivity index (χ2v) is 7.08. The molecule has 3 amide bonds. The first-order chi connectivity index (χ1) is 11.6. The molecule has 1 atom stereocenters. The fourth-order valence-corrected chi connectivity index (χ4v) is 2.33. The van der Waals surface area contributed by atoms with E-state index in [1.54, 1.807) is 0 Å². The normalized spacial score (nSPS) is 16.7. The van der Waals surface area contributed by atoms with Crippen LogP contribution in [0, 0.1) is 17.8 Å². The topological polar surface area (TPSA) is 75.7 Å². The van der Waals surface area contributed by atoms with E-state index < -0.39 is 5.41 Å². The van der Waals surface area contributed by atoms with Crippen LogP contribution in [0.5, 0.6) is 0 Å². The molecule has 1 rings (SSSR count). The zero-order chi connectivity index (χ0) is 19.1. The largest absolute Gasteiger partial charge is 0.374 e. The van der Waals surface area contributed by atoms with Gasteiger partial charge in [-0.2, -0.15) is 0 Å². The van der Waals surface area contributed by atoms with Crippen LogP contribution in [0.15, 0.2) is 12.2 Å². The molecule has 0 spiro atoms. The van der Waals surface area contributed by atoms with E-state index in [1.807, 2.05) is 27.7 Å². The van der Waals surface area contributed by atoms with Crippen LogP contribution in [0.2, 0.25) is 0 Å². The molecule has 1 unspecified atom stereocenters. The summed E-state index contributed by atoms with van der Waals surface area (Å²) in [6, 6.07) is 0. The molecule has 1 aliphatic heterocycles. The highest BCUT2D eigenvalue weighted by atomic mass is 16.5. The van der Waals surface area contributed by atoms with Gasteiger partial charge >= 0.3 is 0 Å². The highest BCUT2D eigenvalue weighted by Gasteiger charge is 2.30. The van der Waals surface area contributed by atoms with Gasteiger partial charge in [-0.3, -0.25) is 19.3 Å². The Labute approximate surface area is 150 Å². The van der Waals surface area contributed by atoms with Crippen molar-refractivity contribution in [1.82, 2.24) is 10.2 Å². The van der Waals surface area contributed by atoms with Crippen LogP contribution in [0.4, 0.5) is 0 Å². The third-order valence-electron chi connectivity index (χ3n) is 4.54.